The summed E-state index contributed by atoms with van der Waals surface area (Å²) in [6.07, 6.45) is 1.41. The third-order valence-electron chi connectivity index (χ3n) is 4.80. The molecule has 4 N–H and O–H groups in total. The van der Waals surface area contributed by atoms with E-state index in [2.05, 4.69) is 9.97 Å². The Labute approximate surface area is 180 Å². The van der Waals surface area contributed by atoms with Crippen molar-refractivity contribution in [3.63, 3.8) is 0 Å². The summed E-state index contributed by atoms with van der Waals surface area (Å²) >= 11 is 0. The minimum Gasteiger partial charge on any atom is -0.495 e. The smallest absolute Gasteiger partial charge is 0.241 e. The number of ether oxygens (including phenoxy) is 1. The van der Waals surface area contributed by atoms with Crippen molar-refractivity contribution in [2.45, 2.75) is 4.90 Å². The average Bonchev–Trinajstić information content (AvgIpc) is 2.72. The zero-order valence-electron chi connectivity index (χ0n) is 16.4. The standard InChI is InChI=1S/C21H15F3N4O3S/c1-31-20-14(7-12(22)8-17(20)32(26,29)30)13-3-4-15(23)18(19(13)24)10-2-5-16-11(6-10)9-27-21(25)28-16/h2-9H,1H3,(H2,25,27,28)(H2,26,29,30). The van der Waals surface area contributed by atoms with Crippen LogP contribution in [0.2, 0.25) is 0 Å². The van der Waals surface area contributed by atoms with E-state index in [0.717, 1.165) is 25.3 Å². The second-order valence-electron chi connectivity index (χ2n) is 6.82. The number of nitrogens with two attached hydrogens (primary N) is 2. The maximum atomic E-state index is 15.6. The largest absolute Gasteiger partial charge is 0.495 e. The molecule has 0 aliphatic rings. The van der Waals surface area contributed by atoms with E-state index in [4.69, 9.17) is 15.6 Å². The summed E-state index contributed by atoms with van der Waals surface area (Å²) in [7, 11) is -3.27. The molecule has 0 aliphatic carbocycles. The molecule has 0 saturated carbocycles. The van der Waals surface area contributed by atoms with E-state index in [-0.39, 0.29) is 28.4 Å². The number of sulfonamides is 1. The lowest BCUT2D eigenvalue weighted by Crippen LogP contribution is -2.14. The van der Waals surface area contributed by atoms with Crippen LogP contribution in [0, 0.1) is 17.5 Å². The second kappa shape index (κ2) is 7.77. The molecule has 0 radical (unpaired) electrons. The number of primary sulfonamides is 1. The lowest BCUT2D eigenvalue weighted by Gasteiger charge is -2.16. The Morgan fingerprint density at radius 3 is 2.44 bits per heavy atom. The first-order chi connectivity index (χ1) is 15.1. The van der Waals surface area contributed by atoms with Gasteiger partial charge in [-0.15, -0.1) is 0 Å². The van der Waals surface area contributed by atoms with Crippen LogP contribution in [-0.4, -0.2) is 25.5 Å². The molecule has 0 unspecified atom stereocenters. The first-order valence-electron chi connectivity index (χ1n) is 9.01. The van der Waals surface area contributed by atoms with Gasteiger partial charge in [-0.1, -0.05) is 6.07 Å². The number of halogens is 3. The van der Waals surface area contributed by atoms with Gasteiger partial charge >= 0.3 is 0 Å². The Morgan fingerprint density at radius 2 is 1.75 bits per heavy atom. The summed E-state index contributed by atoms with van der Waals surface area (Å²) in [5.74, 6) is -3.24. The Kier molecular flexibility index (Phi) is 5.23. The molecule has 4 aromatic rings. The van der Waals surface area contributed by atoms with E-state index in [1.165, 1.54) is 24.4 Å². The molecule has 7 nitrogen and oxygen atoms in total. The van der Waals surface area contributed by atoms with Crippen LogP contribution in [0.3, 0.4) is 0 Å². The van der Waals surface area contributed by atoms with Crippen LogP contribution < -0.4 is 15.6 Å². The van der Waals surface area contributed by atoms with Crippen molar-refractivity contribution in [2.75, 3.05) is 12.8 Å². The predicted octanol–water partition coefficient (Wildman–Crippen LogP) is 3.62. The number of fused-ring (bicyclic) bond motifs is 1. The monoisotopic (exact) mass is 460 g/mol. The van der Waals surface area contributed by atoms with E-state index in [9.17, 15) is 17.2 Å². The van der Waals surface area contributed by atoms with Gasteiger partial charge in [-0.25, -0.2) is 36.7 Å². The molecule has 0 amide bonds. The van der Waals surface area contributed by atoms with Crippen LogP contribution >= 0.6 is 0 Å². The molecule has 4 rings (SSSR count). The molecule has 164 valence electrons. The first-order valence-corrected chi connectivity index (χ1v) is 10.6. The SMILES string of the molecule is COc1c(-c2ccc(F)c(-c3ccc4nc(N)ncc4c3)c2F)cc(F)cc1S(N)(=O)=O. The lowest BCUT2D eigenvalue weighted by molar-refractivity contribution is 0.402. The van der Waals surface area contributed by atoms with Crippen LogP contribution in [0.1, 0.15) is 0 Å². The normalized spacial score (nSPS) is 11.7. The van der Waals surface area contributed by atoms with Crippen LogP contribution in [0.4, 0.5) is 19.1 Å². The van der Waals surface area contributed by atoms with Gasteiger partial charge in [0.15, 0.2) is 0 Å². The number of aromatic nitrogens is 2. The maximum Gasteiger partial charge on any atom is 0.241 e. The summed E-state index contributed by atoms with van der Waals surface area (Å²) in [6, 6.07) is 8.02. The highest BCUT2D eigenvalue weighted by Gasteiger charge is 2.25. The highest BCUT2D eigenvalue weighted by Crippen LogP contribution is 2.40. The maximum absolute atomic E-state index is 15.6. The quantitative estimate of drug-likeness (QED) is 0.480. The minimum atomic E-state index is -4.40. The van der Waals surface area contributed by atoms with E-state index >= 15 is 4.39 Å². The fourth-order valence-corrected chi connectivity index (χ4v) is 4.15. The molecule has 0 saturated heterocycles. The van der Waals surface area contributed by atoms with Crippen molar-refractivity contribution in [3.05, 3.63) is 66.1 Å². The molecule has 1 heterocycles. The van der Waals surface area contributed by atoms with Crippen LogP contribution in [0.15, 0.2) is 53.6 Å². The Morgan fingerprint density at radius 1 is 1.00 bits per heavy atom. The van der Waals surface area contributed by atoms with Crippen molar-refractivity contribution in [2.24, 2.45) is 5.14 Å². The molecule has 0 atom stereocenters. The molecule has 3 aromatic carbocycles. The molecule has 32 heavy (non-hydrogen) atoms. The number of methoxy groups -OCH3 is 1. The van der Waals surface area contributed by atoms with Gasteiger partial charge in [-0.05, 0) is 42.0 Å². The summed E-state index contributed by atoms with van der Waals surface area (Å²) in [4.78, 5) is 7.24. The summed E-state index contributed by atoms with van der Waals surface area (Å²) in [6.45, 7) is 0. The van der Waals surface area contributed by atoms with E-state index in [0.29, 0.717) is 17.0 Å². The van der Waals surface area contributed by atoms with Gasteiger partial charge in [0.1, 0.15) is 28.1 Å². The Hall–Kier alpha value is -3.70. The number of anilines is 1. The summed E-state index contributed by atoms with van der Waals surface area (Å²) in [5.41, 5.74) is 5.25. The molecular weight excluding hydrogens is 445 g/mol. The van der Waals surface area contributed by atoms with E-state index in [1.54, 1.807) is 0 Å². The van der Waals surface area contributed by atoms with Gasteiger partial charge in [0.2, 0.25) is 16.0 Å². The Bertz CT molecular complexity index is 1490. The van der Waals surface area contributed by atoms with Gasteiger partial charge in [-0.3, -0.25) is 0 Å². The highest BCUT2D eigenvalue weighted by atomic mass is 32.2. The van der Waals surface area contributed by atoms with Crippen molar-refractivity contribution in [3.8, 4) is 28.0 Å². The average molecular weight is 460 g/mol. The van der Waals surface area contributed by atoms with E-state index < -0.39 is 37.9 Å². The number of nitrogen functional groups attached to an aromatic ring is 1. The lowest BCUT2D eigenvalue weighted by atomic mass is 9.96. The highest BCUT2D eigenvalue weighted by molar-refractivity contribution is 7.89. The zero-order chi connectivity index (χ0) is 23.2. The molecule has 11 heteroatoms. The fraction of sp³-hybridized carbons (Fsp3) is 0.0476. The van der Waals surface area contributed by atoms with Crippen LogP contribution in [0.5, 0.6) is 5.75 Å². The summed E-state index contributed by atoms with van der Waals surface area (Å²) < 4.78 is 73.4. The molecule has 0 bridgehead atoms. The van der Waals surface area contributed by atoms with Crippen LogP contribution in [0.25, 0.3) is 33.2 Å². The topological polar surface area (TPSA) is 121 Å². The predicted molar refractivity (Wildman–Crippen MR) is 113 cm³/mol. The first kappa shape index (κ1) is 21.5. The number of benzene rings is 3. The van der Waals surface area contributed by atoms with Gasteiger partial charge in [0, 0.05) is 22.7 Å². The fourth-order valence-electron chi connectivity index (χ4n) is 3.42. The molecule has 0 fully saturated rings. The number of hydrogen-bond acceptors (Lipinski definition) is 6. The van der Waals surface area contributed by atoms with Gasteiger partial charge in [-0.2, -0.15) is 0 Å². The van der Waals surface area contributed by atoms with Gasteiger partial charge in [0.05, 0.1) is 18.2 Å². The third kappa shape index (κ3) is 3.72. The van der Waals surface area contributed by atoms with Gasteiger partial charge < -0.3 is 10.5 Å². The minimum absolute atomic E-state index is 0.0495. The van der Waals surface area contributed by atoms with Crippen molar-refractivity contribution in [1.82, 2.24) is 9.97 Å². The van der Waals surface area contributed by atoms with Gasteiger partial charge in [0.25, 0.3) is 0 Å². The molecular formula is C21H15F3N4O3S. The van der Waals surface area contributed by atoms with Crippen molar-refractivity contribution < 1.29 is 26.3 Å². The van der Waals surface area contributed by atoms with Crippen molar-refractivity contribution in [1.29, 1.82) is 0 Å². The Balaban J connectivity index is 1.98. The molecule has 0 spiro atoms. The number of rotatable bonds is 4. The summed E-state index contributed by atoms with van der Waals surface area (Å²) in [5, 5.41) is 5.63. The zero-order valence-corrected chi connectivity index (χ0v) is 17.3. The van der Waals surface area contributed by atoms with E-state index in [1.807, 2.05) is 0 Å². The van der Waals surface area contributed by atoms with Crippen LogP contribution in [-0.2, 0) is 10.0 Å². The molecule has 0 aliphatic heterocycles. The molecule has 1 aromatic heterocycles. The second-order valence-corrected chi connectivity index (χ2v) is 8.35. The van der Waals surface area contributed by atoms with Crippen molar-refractivity contribution >= 4 is 26.9 Å². The number of hydrogen-bond donors (Lipinski definition) is 2. The number of nitrogens with zero attached hydrogens (tertiary/aromatic N) is 2. The third-order valence-corrected chi connectivity index (χ3v) is 5.71.